The third-order valence-corrected chi connectivity index (χ3v) is 9.07. The Bertz CT molecular complexity index is 1870. The Labute approximate surface area is 334 Å². The monoisotopic (exact) mass is 816 g/mol. The van der Waals surface area contributed by atoms with E-state index >= 15 is 0 Å². The summed E-state index contributed by atoms with van der Waals surface area (Å²) in [5.74, 6) is -4.59. The molecule has 4 rings (SSSR count). The van der Waals surface area contributed by atoms with Crippen LogP contribution in [0.5, 0.6) is 11.5 Å². The van der Waals surface area contributed by atoms with Crippen LogP contribution >= 0.6 is 0 Å². The van der Waals surface area contributed by atoms with Crippen LogP contribution < -0.4 is 9.47 Å². The molecule has 2 aliphatic rings. The van der Waals surface area contributed by atoms with E-state index in [2.05, 4.69) is 0 Å². The van der Waals surface area contributed by atoms with Crippen molar-refractivity contribution in [2.45, 2.75) is 116 Å². The highest BCUT2D eigenvalue weighted by Gasteiger charge is 2.54. The second kappa shape index (κ2) is 19.6. The molecule has 2 aliphatic heterocycles. The standard InChI is InChI=1S/C40H48O18/c1-18-33(52-20(3)42)37(54-22(5)44)38(55-23(6)45)34(51-18)28-15-26(11-13-30(28)48-9)27-12-14-31(49-10)29(16-27)35-39(56-24(7)46)40(57-25(8)47)36(53-21(4)43)32(58-35)17-50-19(2)41/h11-16,18,32-40H,17H2,1-10H3/t18-,32+,33+,34+,35-,36-,37+,38+,39-,40-/m0/s1. The van der Waals surface area contributed by atoms with Crippen molar-refractivity contribution < 1.29 is 85.7 Å². The zero-order chi connectivity index (χ0) is 43.0. The molecule has 18 nitrogen and oxygen atoms in total. The summed E-state index contributed by atoms with van der Waals surface area (Å²) in [5, 5.41) is 0. The molecular weight excluding hydrogens is 768 g/mol. The first kappa shape index (κ1) is 45.0. The van der Waals surface area contributed by atoms with Crippen molar-refractivity contribution in [1.82, 2.24) is 0 Å². The minimum Gasteiger partial charge on any atom is -0.496 e. The summed E-state index contributed by atoms with van der Waals surface area (Å²) in [4.78, 5) is 86.1. The number of carbonyl (C=O) groups is 7. The van der Waals surface area contributed by atoms with Gasteiger partial charge in [-0.3, -0.25) is 33.6 Å². The molecule has 0 saturated carbocycles. The van der Waals surface area contributed by atoms with Crippen LogP contribution in [0.25, 0.3) is 11.1 Å². The highest BCUT2D eigenvalue weighted by molar-refractivity contribution is 5.72. The van der Waals surface area contributed by atoms with Gasteiger partial charge in [0.15, 0.2) is 36.6 Å². The number of hydrogen-bond acceptors (Lipinski definition) is 18. The van der Waals surface area contributed by atoms with Gasteiger partial charge in [-0.15, -0.1) is 0 Å². The number of methoxy groups -OCH3 is 2. The van der Waals surface area contributed by atoms with Crippen LogP contribution in [-0.4, -0.2) is 111 Å². The molecule has 0 amide bonds. The van der Waals surface area contributed by atoms with Crippen molar-refractivity contribution in [2.75, 3.05) is 20.8 Å². The molecule has 0 bridgehead atoms. The number of benzene rings is 2. The second-order valence-corrected chi connectivity index (χ2v) is 13.5. The minimum absolute atomic E-state index is 0.249. The van der Waals surface area contributed by atoms with E-state index < -0.39 is 109 Å². The third kappa shape index (κ3) is 11.0. The van der Waals surface area contributed by atoms with Crippen LogP contribution in [0.2, 0.25) is 0 Å². The smallest absolute Gasteiger partial charge is 0.303 e. The van der Waals surface area contributed by atoms with E-state index in [9.17, 15) is 33.6 Å². The van der Waals surface area contributed by atoms with Crippen molar-refractivity contribution in [1.29, 1.82) is 0 Å². The topological polar surface area (TPSA) is 221 Å². The lowest BCUT2D eigenvalue weighted by molar-refractivity contribution is -0.254. The first-order valence-electron chi connectivity index (χ1n) is 18.2. The van der Waals surface area contributed by atoms with Gasteiger partial charge in [-0.1, -0.05) is 12.1 Å². The molecule has 0 aromatic heterocycles. The summed E-state index contributed by atoms with van der Waals surface area (Å²) < 4.78 is 63.1. The Morgan fingerprint density at radius 3 is 1.24 bits per heavy atom. The van der Waals surface area contributed by atoms with E-state index in [-0.39, 0.29) is 11.3 Å². The Morgan fingerprint density at radius 1 is 0.483 bits per heavy atom. The SMILES string of the molecule is COc1ccc(-c2ccc(OC)c([C@@H]3O[C@H](COC(C)=O)[C@H](OC(C)=O)[C@H](OC(C)=O)[C@H]3OC(C)=O)c2)cc1[C@H]1O[C@@H](C)[C@@H](OC(C)=O)[C@@H](OC(C)=O)[C@@H]1OC(C)=O. The van der Waals surface area contributed by atoms with Gasteiger partial charge in [0.1, 0.15) is 36.4 Å². The molecule has 0 N–H and O–H groups in total. The second-order valence-electron chi connectivity index (χ2n) is 13.5. The van der Waals surface area contributed by atoms with E-state index in [1.165, 1.54) is 41.9 Å². The quantitative estimate of drug-likeness (QED) is 0.209. The maximum Gasteiger partial charge on any atom is 0.303 e. The summed E-state index contributed by atoms with van der Waals surface area (Å²) in [7, 11) is 2.82. The molecule has 316 valence electrons. The summed E-state index contributed by atoms with van der Waals surface area (Å²) in [5.41, 5.74) is 1.71. The highest BCUT2D eigenvalue weighted by Crippen LogP contribution is 2.45. The van der Waals surface area contributed by atoms with Crippen LogP contribution in [0.4, 0.5) is 0 Å². The minimum atomic E-state index is -1.44. The molecule has 58 heavy (non-hydrogen) atoms. The molecular formula is C40H48O18. The molecule has 2 aromatic rings. The van der Waals surface area contributed by atoms with Gasteiger partial charge in [0.05, 0.1) is 20.3 Å². The van der Waals surface area contributed by atoms with Gasteiger partial charge in [0, 0.05) is 59.6 Å². The van der Waals surface area contributed by atoms with Crippen LogP contribution in [-0.2, 0) is 76.2 Å². The van der Waals surface area contributed by atoms with Crippen LogP contribution in [0.1, 0.15) is 78.7 Å². The van der Waals surface area contributed by atoms with Crippen molar-refractivity contribution in [3.05, 3.63) is 47.5 Å². The first-order valence-corrected chi connectivity index (χ1v) is 18.2. The number of carbonyl (C=O) groups excluding carboxylic acids is 7. The zero-order valence-electron chi connectivity index (χ0n) is 33.8. The number of rotatable bonds is 13. The first-order chi connectivity index (χ1) is 27.3. The molecule has 0 unspecified atom stereocenters. The third-order valence-electron chi connectivity index (χ3n) is 9.07. The molecule has 18 heteroatoms. The van der Waals surface area contributed by atoms with E-state index in [1.807, 2.05) is 0 Å². The predicted octanol–water partition coefficient (Wildman–Crippen LogP) is 3.42. The zero-order valence-corrected chi connectivity index (χ0v) is 33.8. The summed E-state index contributed by atoms with van der Waals surface area (Å²) in [6, 6.07) is 10.1. The van der Waals surface area contributed by atoms with Crippen LogP contribution in [0, 0.1) is 0 Å². The predicted molar refractivity (Wildman–Crippen MR) is 196 cm³/mol. The Morgan fingerprint density at radius 2 is 0.845 bits per heavy atom. The molecule has 0 radical (unpaired) electrons. The van der Waals surface area contributed by atoms with E-state index in [4.69, 9.17) is 52.1 Å². The number of ether oxygens (including phenoxy) is 11. The van der Waals surface area contributed by atoms with Gasteiger partial charge >= 0.3 is 41.8 Å². The van der Waals surface area contributed by atoms with Crippen molar-refractivity contribution >= 4 is 41.8 Å². The van der Waals surface area contributed by atoms with Gasteiger partial charge in [0.2, 0.25) is 0 Å². The summed E-state index contributed by atoms with van der Waals surface area (Å²) >= 11 is 0. The molecule has 0 aliphatic carbocycles. The molecule has 2 aromatic carbocycles. The molecule has 0 spiro atoms. The summed E-state index contributed by atoms with van der Waals surface area (Å²) in [6.45, 7) is 9.24. The molecule has 10 atom stereocenters. The average molecular weight is 817 g/mol. The van der Waals surface area contributed by atoms with Gasteiger partial charge < -0.3 is 52.1 Å². The molecule has 2 fully saturated rings. The maximum atomic E-state index is 12.6. The molecule has 2 heterocycles. The lowest BCUT2D eigenvalue weighted by atomic mass is 9.87. The molecule has 2 saturated heterocycles. The van der Waals surface area contributed by atoms with Gasteiger partial charge in [-0.2, -0.15) is 0 Å². The van der Waals surface area contributed by atoms with E-state index in [0.717, 1.165) is 20.8 Å². The maximum absolute atomic E-state index is 12.6. The summed E-state index contributed by atoms with van der Waals surface area (Å²) in [6.07, 6.45) is -12.4. The van der Waals surface area contributed by atoms with Crippen molar-refractivity contribution in [2.24, 2.45) is 0 Å². The normalized spacial score (nSPS) is 26.5. The largest absolute Gasteiger partial charge is 0.496 e. The van der Waals surface area contributed by atoms with Crippen LogP contribution in [0.15, 0.2) is 36.4 Å². The highest BCUT2D eigenvalue weighted by atomic mass is 16.7. The number of esters is 7. The Balaban J connectivity index is 1.90. The fourth-order valence-electron chi connectivity index (χ4n) is 7.01. The van der Waals surface area contributed by atoms with Gasteiger partial charge in [0.25, 0.3) is 0 Å². The van der Waals surface area contributed by atoms with E-state index in [1.54, 1.807) is 43.3 Å². The lowest BCUT2D eigenvalue weighted by Crippen LogP contribution is -2.59. The fraction of sp³-hybridized carbons (Fsp3) is 0.525. The Hall–Kier alpha value is -5.75. The number of hydrogen-bond donors (Lipinski definition) is 0. The van der Waals surface area contributed by atoms with Crippen molar-refractivity contribution in [3.8, 4) is 22.6 Å². The van der Waals surface area contributed by atoms with Gasteiger partial charge in [-0.25, -0.2) is 0 Å². The van der Waals surface area contributed by atoms with E-state index in [0.29, 0.717) is 22.4 Å². The average Bonchev–Trinajstić information content (AvgIpc) is 3.13. The fourth-order valence-corrected chi connectivity index (χ4v) is 7.01. The van der Waals surface area contributed by atoms with Crippen LogP contribution in [0.3, 0.4) is 0 Å². The van der Waals surface area contributed by atoms with Crippen molar-refractivity contribution in [3.63, 3.8) is 0 Å². The Kier molecular flexibility index (Phi) is 15.2. The lowest BCUT2D eigenvalue weighted by Gasteiger charge is -2.44. The van der Waals surface area contributed by atoms with Gasteiger partial charge in [-0.05, 0) is 42.3 Å².